The Morgan fingerprint density at radius 3 is 2.21 bits per heavy atom. The van der Waals surface area contributed by atoms with Crippen LogP contribution in [0.15, 0.2) is 91.6 Å². The fraction of sp³-hybridized carbons (Fsp3) is 0.395. The van der Waals surface area contributed by atoms with E-state index in [0.717, 1.165) is 70.3 Å². The van der Waals surface area contributed by atoms with Crippen molar-refractivity contribution >= 4 is 17.9 Å². The maximum atomic E-state index is 13.4. The van der Waals surface area contributed by atoms with Gasteiger partial charge in [0.15, 0.2) is 0 Å². The van der Waals surface area contributed by atoms with E-state index in [2.05, 4.69) is 84.1 Å². The van der Waals surface area contributed by atoms with E-state index >= 15 is 0 Å². The molecule has 3 aliphatic rings. The Bertz CT molecular complexity index is 2050. The van der Waals surface area contributed by atoms with Crippen LogP contribution in [0.2, 0.25) is 0 Å². The van der Waals surface area contributed by atoms with E-state index in [-0.39, 0.29) is 23.8 Å². The number of nitrogens with one attached hydrogen (secondary N) is 4. The molecule has 3 aromatic heterocycles. The molecule has 5 aromatic rings. The topological polar surface area (TPSA) is 167 Å². The van der Waals surface area contributed by atoms with Crippen LogP contribution < -0.4 is 10.6 Å². The van der Waals surface area contributed by atoms with Gasteiger partial charge in [-0.1, -0.05) is 61.0 Å². The molecule has 4 N–H and O–H groups in total. The van der Waals surface area contributed by atoms with Gasteiger partial charge in [-0.3, -0.25) is 14.6 Å². The summed E-state index contributed by atoms with van der Waals surface area (Å²) in [5.41, 5.74) is 7.11. The highest BCUT2D eigenvalue weighted by Crippen LogP contribution is 2.48. The number of nitrogens with zero attached hydrogens (tertiary/aromatic N) is 4. The summed E-state index contributed by atoms with van der Waals surface area (Å²) in [5.74, 6) is 2.49. The molecule has 0 radical (unpaired) electrons. The van der Waals surface area contributed by atoms with Crippen LogP contribution in [0, 0.1) is 17.8 Å². The molecule has 1 saturated heterocycles. The number of ether oxygens (including phenoxy) is 2. The lowest BCUT2D eigenvalue weighted by atomic mass is 9.88. The summed E-state index contributed by atoms with van der Waals surface area (Å²) in [4.78, 5) is 58.6. The molecule has 3 fully saturated rings. The fourth-order valence-electron chi connectivity index (χ4n) is 8.32. The Kier molecular flexibility index (Phi) is 12.2. The number of likely N-dealkylation sites (tertiary alicyclic amines) is 1. The van der Waals surface area contributed by atoms with Gasteiger partial charge in [0.2, 0.25) is 11.8 Å². The van der Waals surface area contributed by atoms with Crippen molar-refractivity contribution in [1.82, 2.24) is 40.5 Å². The number of imidazole rings is 2. The third-order valence-corrected chi connectivity index (χ3v) is 11.5. The van der Waals surface area contributed by atoms with E-state index in [1.165, 1.54) is 33.5 Å². The Morgan fingerprint density at radius 2 is 1.61 bits per heavy atom. The summed E-state index contributed by atoms with van der Waals surface area (Å²) < 4.78 is 10.1. The predicted octanol–water partition coefficient (Wildman–Crippen LogP) is 6.69. The van der Waals surface area contributed by atoms with Crippen LogP contribution in [0.4, 0.5) is 4.79 Å². The summed E-state index contributed by atoms with van der Waals surface area (Å²) in [6.07, 6.45) is 12.4. The number of methoxy groups -OCH3 is 2. The van der Waals surface area contributed by atoms with Gasteiger partial charge in [-0.2, -0.15) is 0 Å². The normalized spacial score (nSPS) is 20.8. The summed E-state index contributed by atoms with van der Waals surface area (Å²) >= 11 is 0. The molecule has 2 aromatic carbocycles. The number of rotatable bonds is 11. The highest BCUT2D eigenvalue weighted by atomic mass is 16.5. The Labute approximate surface area is 327 Å². The van der Waals surface area contributed by atoms with Crippen molar-refractivity contribution in [3.8, 4) is 33.6 Å². The van der Waals surface area contributed by atoms with Gasteiger partial charge in [-0.05, 0) is 85.3 Å². The van der Waals surface area contributed by atoms with Crippen molar-refractivity contribution in [2.45, 2.75) is 70.2 Å². The molecular weight excluding hydrogens is 709 g/mol. The number of H-pyrrole nitrogens is 2. The molecule has 6 atom stereocenters. The third-order valence-electron chi connectivity index (χ3n) is 11.5. The predicted molar refractivity (Wildman–Crippen MR) is 212 cm³/mol. The number of pyridine rings is 1. The minimum absolute atomic E-state index is 0.218. The number of aromatic amines is 2. The first-order valence-electron chi connectivity index (χ1n) is 19.4. The molecule has 2 bridgehead atoms. The molecule has 6 unspecified atom stereocenters. The number of carbonyl (C=O) groups excluding carboxylic acids is 3. The van der Waals surface area contributed by atoms with Gasteiger partial charge in [0.25, 0.3) is 0 Å². The number of aromatic nitrogens is 5. The molecular formula is C43H50N8O5. The number of carbonyl (C=O) groups is 3. The minimum Gasteiger partial charge on any atom is -0.453 e. The van der Waals surface area contributed by atoms with Crippen LogP contribution in [0.1, 0.15) is 63.0 Å². The first-order valence-corrected chi connectivity index (χ1v) is 19.4. The highest BCUT2D eigenvalue weighted by Gasteiger charge is 2.43. The zero-order chi connectivity index (χ0) is 39.0. The van der Waals surface area contributed by atoms with Gasteiger partial charge in [0.1, 0.15) is 11.9 Å². The molecule has 2 aliphatic carbocycles. The molecule has 1 aliphatic heterocycles. The molecule has 292 valence electrons. The number of benzene rings is 2. The second-order valence-corrected chi connectivity index (χ2v) is 14.9. The van der Waals surface area contributed by atoms with E-state index in [1.54, 1.807) is 36.7 Å². The zero-order valence-corrected chi connectivity index (χ0v) is 32.1. The number of amides is 3. The van der Waals surface area contributed by atoms with Crippen molar-refractivity contribution in [3.63, 3.8) is 0 Å². The van der Waals surface area contributed by atoms with Crippen LogP contribution in [0.5, 0.6) is 0 Å². The van der Waals surface area contributed by atoms with Crippen molar-refractivity contribution in [3.05, 3.63) is 103 Å². The Morgan fingerprint density at radius 1 is 0.875 bits per heavy atom. The van der Waals surface area contributed by atoms with Gasteiger partial charge in [-0.15, -0.1) is 0 Å². The number of alkyl carbamates (subject to hydrolysis) is 1. The second kappa shape index (κ2) is 17.8. The summed E-state index contributed by atoms with van der Waals surface area (Å²) in [5, 5.41) is 5.64. The van der Waals surface area contributed by atoms with Gasteiger partial charge >= 0.3 is 6.09 Å². The summed E-state index contributed by atoms with van der Waals surface area (Å²) in [7, 11) is 2.77. The van der Waals surface area contributed by atoms with Gasteiger partial charge in [0.05, 0.1) is 61.6 Å². The van der Waals surface area contributed by atoms with Gasteiger partial charge < -0.3 is 35.0 Å². The highest BCUT2D eigenvalue weighted by molar-refractivity contribution is 5.87. The van der Waals surface area contributed by atoms with Crippen LogP contribution in [0.3, 0.4) is 0 Å². The lowest BCUT2D eigenvalue weighted by Gasteiger charge is -2.30. The van der Waals surface area contributed by atoms with Crippen molar-refractivity contribution in [2.75, 3.05) is 20.8 Å². The lowest BCUT2D eigenvalue weighted by molar-refractivity contribution is -0.137. The average Bonchev–Trinajstić information content (AvgIpc) is 4.11. The SMILES string of the molecule is COC(=O)NC(C(=O)N1CCCC1c1ncc(-c2ccc(-c3ccc(-c4cnc[nH]4)cc3)cc2)[nH]1)C(C)OC.O=C(NCc1ccccn1)C1CC2CCC1C2. The molecule has 13 heteroatoms. The minimum atomic E-state index is -0.862. The quantitative estimate of drug-likeness (QED) is 0.116. The van der Waals surface area contributed by atoms with E-state index < -0.39 is 18.2 Å². The third kappa shape index (κ3) is 8.83. The average molecular weight is 759 g/mol. The van der Waals surface area contributed by atoms with E-state index in [4.69, 9.17) is 9.47 Å². The molecule has 0 spiro atoms. The van der Waals surface area contributed by atoms with Crippen LogP contribution in [-0.2, 0) is 25.6 Å². The van der Waals surface area contributed by atoms with E-state index in [9.17, 15) is 14.4 Å². The van der Waals surface area contributed by atoms with Crippen LogP contribution >= 0.6 is 0 Å². The van der Waals surface area contributed by atoms with Crippen molar-refractivity contribution in [1.29, 1.82) is 0 Å². The summed E-state index contributed by atoms with van der Waals surface area (Å²) in [6.45, 7) is 2.88. The molecule has 2 saturated carbocycles. The molecule has 13 nitrogen and oxygen atoms in total. The first-order chi connectivity index (χ1) is 27.3. The van der Waals surface area contributed by atoms with E-state index in [1.807, 2.05) is 18.2 Å². The largest absolute Gasteiger partial charge is 0.453 e. The molecule has 3 amide bonds. The second-order valence-electron chi connectivity index (χ2n) is 14.9. The number of hydrogen-bond acceptors (Lipinski definition) is 8. The maximum Gasteiger partial charge on any atom is 0.407 e. The first kappa shape index (κ1) is 38.5. The summed E-state index contributed by atoms with van der Waals surface area (Å²) in [6, 6.07) is 21.3. The maximum absolute atomic E-state index is 13.4. The number of fused-ring (bicyclic) bond motifs is 2. The Hall–Kier alpha value is -5.82. The monoisotopic (exact) mass is 758 g/mol. The van der Waals surface area contributed by atoms with Crippen molar-refractivity contribution < 1.29 is 23.9 Å². The fourth-order valence-corrected chi connectivity index (χ4v) is 8.32. The van der Waals surface area contributed by atoms with Gasteiger partial charge in [-0.25, -0.2) is 14.8 Å². The lowest BCUT2D eigenvalue weighted by Crippen LogP contribution is -2.54. The standard InChI is InChI=1S/C29H32N6O4.C14H18N2O/c1-18(38-2)26(34-29(37)39-3)28(36)35-14-4-5-25(35)27-31-16-24(33-27)22-12-8-20(9-13-22)19-6-10-21(11-7-19)23-15-30-17-32-23;17-14(13-8-10-4-5-11(13)7-10)16-9-12-3-1-2-6-15-12/h6-13,15-18,25-26H,4-5,14H2,1-3H3,(H,30,32)(H,31,33)(H,34,37);1-3,6,10-11,13H,4-5,7-9H2,(H,16,17). The molecule has 8 rings (SSSR count). The van der Waals surface area contributed by atoms with E-state index in [0.29, 0.717) is 19.0 Å². The van der Waals surface area contributed by atoms with Crippen LogP contribution in [-0.4, -0.2) is 80.6 Å². The van der Waals surface area contributed by atoms with Crippen molar-refractivity contribution in [2.24, 2.45) is 17.8 Å². The smallest absolute Gasteiger partial charge is 0.407 e. The van der Waals surface area contributed by atoms with Crippen LogP contribution in [0.25, 0.3) is 33.6 Å². The molecule has 4 heterocycles. The Balaban J connectivity index is 0.000000234. The number of hydrogen-bond donors (Lipinski definition) is 4. The van der Waals surface area contributed by atoms with Gasteiger partial charge in [0, 0.05) is 25.8 Å². The molecule has 56 heavy (non-hydrogen) atoms. The zero-order valence-electron chi connectivity index (χ0n) is 32.1.